The fraction of sp³-hybridized carbons (Fsp3) is 0.625. The molecule has 0 radical (unpaired) electrons. The fourth-order valence-electron chi connectivity index (χ4n) is 2.93. The van der Waals surface area contributed by atoms with Gasteiger partial charge < -0.3 is 10.2 Å². The summed E-state index contributed by atoms with van der Waals surface area (Å²) in [5, 5.41) is 14.4. The second-order valence-corrected chi connectivity index (χ2v) is 5.94. The molecule has 1 saturated heterocycles. The summed E-state index contributed by atoms with van der Waals surface area (Å²) in [5.41, 5.74) is 1.74. The molecule has 116 valence electrons. The number of likely N-dealkylation sites (tertiary alicyclic amines) is 1. The van der Waals surface area contributed by atoms with Crippen molar-refractivity contribution in [1.29, 1.82) is 0 Å². The predicted octanol–water partition coefficient (Wildman–Crippen LogP) is 3.44. The molecule has 1 aromatic carbocycles. The van der Waals surface area contributed by atoms with Gasteiger partial charge in [-0.15, -0.1) is 0 Å². The third-order valence-corrected chi connectivity index (χ3v) is 4.18. The first kappa shape index (κ1) is 15.8. The van der Waals surface area contributed by atoms with Crippen LogP contribution in [0.5, 0.6) is 0 Å². The van der Waals surface area contributed by atoms with Gasteiger partial charge in [0.1, 0.15) is 5.69 Å². The lowest BCUT2D eigenvalue weighted by molar-refractivity contribution is -0.384. The summed E-state index contributed by atoms with van der Waals surface area (Å²) < 4.78 is 0. The molecule has 0 amide bonds. The van der Waals surface area contributed by atoms with Crippen molar-refractivity contribution in [3.05, 3.63) is 33.9 Å². The molecule has 1 aromatic rings. The summed E-state index contributed by atoms with van der Waals surface area (Å²) in [7, 11) is 0. The van der Waals surface area contributed by atoms with Gasteiger partial charge in [-0.05, 0) is 63.4 Å². The first-order valence-corrected chi connectivity index (χ1v) is 7.81. The molecule has 1 aliphatic heterocycles. The molecule has 0 atom stereocenters. The number of hydrogen-bond acceptors (Lipinski definition) is 4. The van der Waals surface area contributed by atoms with Gasteiger partial charge in [-0.25, -0.2) is 0 Å². The van der Waals surface area contributed by atoms with E-state index in [2.05, 4.69) is 17.1 Å². The van der Waals surface area contributed by atoms with Crippen LogP contribution in [0.1, 0.15) is 31.7 Å². The molecular formula is C16H25N3O2. The van der Waals surface area contributed by atoms with E-state index in [0.717, 1.165) is 25.2 Å². The van der Waals surface area contributed by atoms with Gasteiger partial charge in [0, 0.05) is 12.6 Å². The Bertz CT molecular complexity index is 482. The average molecular weight is 291 g/mol. The summed E-state index contributed by atoms with van der Waals surface area (Å²) in [5.74, 6) is 0.610. The van der Waals surface area contributed by atoms with Crippen molar-refractivity contribution in [2.75, 3.05) is 31.5 Å². The van der Waals surface area contributed by atoms with Gasteiger partial charge in [0.25, 0.3) is 5.69 Å². The minimum Gasteiger partial charge on any atom is -0.379 e. The largest absolute Gasteiger partial charge is 0.379 e. The van der Waals surface area contributed by atoms with Crippen LogP contribution in [-0.2, 0) is 0 Å². The van der Waals surface area contributed by atoms with Gasteiger partial charge in [0.05, 0.1) is 4.92 Å². The molecule has 1 N–H and O–H groups in total. The maximum absolute atomic E-state index is 11.1. The minimum atomic E-state index is -0.306. The number of piperidine rings is 1. The van der Waals surface area contributed by atoms with Crippen molar-refractivity contribution >= 4 is 11.4 Å². The van der Waals surface area contributed by atoms with Crippen LogP contribution in [-0.4, -0.2) is 36.0 Å². The highest BCUT2D eigenvalue weighted by Gasteiger charge is 2.20. The van der Waals surface area contributed by atoms with Gasteiger partial charge in [-0.3, -0.25) is 10.1 Å². The van der Waals surface area contributed by atoms with Crippen molar-refractivity contribution in [2.45, 2.75) is 33.1 Å². The highest BCUT2D eigenvalue weighted by molar-refractivity contribution is 5.62. The van der Waals surface area contributed by atoms with E-state index in [1.54, 1.807) is 6.07 Å². The Balaban J connectivity index is 1.88. The van der Waals surface area contributed by atoms with E-state index in [-0.39, 0.29) is 10.6 Å². The number of nitrogens with zero attached hydrogens (tertiary/aromatic N) is 2. The van der Waals surface area contributed by atoms with Crippen LogP contribution in [0.25, 0.3) is 0 Å². The number of nitro groups is 1. The molecule has 0 saturated carbocycles. The van der Waals surface area contributed by atoms with E-state index >= 15 is 0 Å². The lowest BCUT2D eigenvalue weighted by Crippen LogP contribution is -2.36. The molecule has 1 fully saturated rings. The van der Waals surface area contributed by atoms with Crippen molar-refractivity contribution in [2.24, 2.45) is 5.92 Å². The van der Waals surface area contributed by atoms with E-state index in [1.165, 1.54) is 25.8 Å². The molecule has 21 heavy (non-hydrogen) atoms. The second-order valence-electron chi connectivity index (χ2n) is 5.94. The first-order chi connectivity index (χ1) is 10.1. The number of anilines is 1. The SMILES string of the molecule is CCCN1CCC(CNc2ccc(C)cc2[N+](=O)[O-])CC1. The van der Waals surface area contributed by atoms with E-state index < -0.39 is 0 Å². The molecule has 0 aliphatic carbocycles. The minimum absolute atomic E-state index is 0.179. The zero-order chi connectivity index (χ0) is 15.2. The van der Waals surface area contributed by atoms with Crippen LogP contribution in [0.2, 0.25) is 0 Å². The predicted molar refractivity (Wildman–Crippen MR) is 85.8 cm³/mol. The molecule has 0 bridgehead atoms. The Kier molecular flexibility index (Phi) is 5.56. The van der Waals surface area contributed by atoms with Crippen LogP contribution >= 0.6 is 0 Å². The number of benzene rings is 1. The van der Waals surface area contributed by atoms with Crippen LogP contribution in [0.15, 0.2) is 18.2 Å². The van der Waals surface area contributed by atoms with E-state index in [1.807, 2.05) is 19.1 Å². The zero-order valence-electron chi connectivity index (χ0n) is 13.0. The van der Waals surface area contributed by atoms with Gasteiger partial charge in [0.15, 0.2) is 0 Å². The average Bonchev–Trinajstić information content (AvgIpc) is 2.47. The van der Waals surface area contributed by atoms with Crippen molar-refractivity contribution in [3.8, 4) is 0 Å². The Hall–Kier alpha value is -1.62. The molecule has 0 unspecified atom stereocenters. The van der Waals surface area contributed by atoms with Gasteiger partial charge in [-0.2, -0.15) is 0 Å². The number of hydrogen-bond donors (Lipinski definition) is 1. The molecule has 0 spiro atoms. The molecule has 1 heterocycles. The monoisotopic (exact) mass is 291 g/mol. The van der Waals surface area contributed by atoms with Gasteiger partial charge >= 0.3 is 0 Å². The van der Waals surface area contributed by atoms with Crippen molar-refractivity contribution < 1.29 is 4.92 Å². The molecule has 5 heteroatoms. The lowest BCUT2D eigenvalue weighted by atomic mass is 9.96. The van der Waals surface area contributed by atoms with Crippen LogP contribution in [0, 0.1) is 23.0 Å². The van der Waals surface area contributed by atoms with E-state index in [0.29, 0.717) is 11.6 Å². The summed E-state index contributed by atoms with van der Waals surface area (Å²) >= 11 is 0. The summed E-state index contributed by atoms with van der Waals surface area (Å²) in [6, 6.07) is 5.37. The van der Waals surface area contributed by atoms with E-state index in [9.17, 15) is 10.1 Å². The smallest absolute Gasteiger partial charge is 0.292 e. The van der Waals surface area contributed by atoms with Crippen LogP contribution in [0.3, 0.4) is 0 Å². The molecular weight excluding hydrogens is 266 g/mol. The number of rotatable bonds is 6. The number of nitrogens with one attached hydrogen (secondary N) is 1. The Morgan fingerprint density at radius 3 is 2.71 bits per heavy atom. The van der Waals surface area contributed by atoms with Crippen molar-refractivity contribution in [1.82, 2.24) is 4.90 Å². The highest BCUT2D eigenvalue weighted by Crippen LogP contribution is 2.26. The van der Waals surface area contributed by atoms with Gasteiger partial charge in [0.2, 0.25) is 0 Å². The maximum Gasteiger partial charge on any atom is 0.292 e. The zero-order valence-corrected chi connectivity index (χ0v) is 13.0. The quantitative estimate of drug-likeness (QED) is 0.644. The van der Waals surface area contributed by atoms with Crippen LogP contribution in [0.4, 0.5) is 11.4 Å². The lowest BCUT2D eigenvalue weighted by Gasteiger charge is -2.31. The Labute approximate surface area is 126 Å². The van der Waals surface area contributed by atoms with Gasteiger partial charge in [-0.1, -0.05) is 13.0 Å². The molecule has 0 aromatic heterocycles. The highest BCUT2D eigenvalue weighted by atomic mass is 16.6. The Morgan fingerprint density at radius 1 is 1.38 bits per heavy atom. The molecule has 5 nitrogen and oxygen atoms in total. The summed E-state index contributed by atoms with van der Waals surface area (Å²) in [6.07, 6.45) is 3.55. The third kappa shape index (κ3) is 4.43. The molecule has 2 rings (SSSR count). The van der Waals surface area contributed by atoms with E-state index in [4.69, 9.17) is 0 Å². The standard InChI is InChI=1S/C16H25N3O2/c1-3-8-18-9-6-14(7-10-18)12-17-15-5-4-13(2)11-16(15)19(20)21/h4-5,11,14,17H,3,6-10,12H2,1-2H3. The first-order valence-electron chi connectivity index (χ1n) is 7.81. The van der Waals surface area contributed by atoms with Crippen molar-refractivity contribution in [3.63, 3.8) is 0 Å². The summed E-state index contributed by atoms with van der Waals surface area (Å²) in [4.78, 5) is 13.3. The second kappa shape index (κ2) is 7.41. The number of aryl methyl sites for hydroxylation is 1. The number of nitro benzene ring substituents is 1. The topological polar surface area (TPSA) is 58.4 Å². The summed E-state index contributed by atoms with van der Waals surface area (Å²) in [6.45, 7) is 8.39. The fourth-order valence-corrected chi connectivity index (χ4v) is 2.93. The van der Waals surface area contributed by atoms with Crippen LogP contribution < -0.4 is 5.32 Å². The third-order valence-electron chi connectivity index (χ3n) is 4.18. The molecule has 1 aliphatic rings. The normalized spacial score (nSPS) is 16.9. The maximum atomic E-state index is 11.1. The Morgan fingerprint density at radius 2 is 2.10 bits per heavy atom.